The Morgan fingerprint density at radius 1 is 1.54 bits per heavy atom. The summed E-state index contributed by atoms with van der Waals surface area (Å²) in [6, 6.07) is 0. The number of carbonyl (C=O) groups is 1. The summed E-state index contributed by atoms with van der Waals surface area (Å²) in [5.41, 5.74) is 0. The lowest BCUT2D eigenvalue weighted by molar-refractivity contribution is -0.125. The highest BCUT2D eigenvalue weighted by Gasteiger charge is 2.32. The zero-order valence-electron chi connectivity index (χ0n) is 8.18. The molecule has 0 aromatic rings. The first-order valence-corrected chi connectivity index (χ1v) is 6.62. The lowest BCUT2D eigenvalue weighted by Gasteiger charge is -2.10. The van der Waals surface area contributed by atoms with Gasteiger partial charge in [-0.2, -0.15) is 0 Å². The van der Waals surface area contributed by atoms with E-state index in [0.717, 1.165) is 13.0 Å². The molecule has 0 aliphatic heterocycles. The van der Waals surface area contributed by atoms with Crippen molar-refractivity contribution in [1.82, 2.24) is 5.32 Å². The fourth-order valence-corrected chi connectivity index (χ4v) is 1.94. The predicted octanol–water partition coefficient (Wildman–Crippen LogP) is 2.36. The molecule has 1 aliphatic rings. The number of nitrogens with one attached hydrogen (secondary N) is 1. The first-order valence-electron chi connectivity index (χ1n) is 5.09. The number of alkyl halides is 1. The van der Waals surface area contributed by atoms with Crippen LogP contribution in [-0.4, -0.2) is 16.9 Å². The normalized spacial score (nSPS) is 18.3. The van der Waals surface area contributed by atoms with Crippen molar-refractivity contribution in [1.29, 1.82) is 0 Å². The largest absolute Gasteiger partial charge is 0.356 e. The van der Waals surface area contributed by atoms with Crippen LogP contribution in [0.5, 0.6) is 0 Å². The minimum atomic E-state index is 0.250. The lowest BCUT2D eigenvalue weighted by atomic mass is 10.1. The van der Waals surface area contributed by atoms with Crippen molar-refractivity contribution in [2.24, 2.45) is 11.8 Å². The van der Waals surface area contributed by atoms with Crippen molar-refractivity contribution in [2.45, 2.75) is 32.6 Å². The van der Waals surface area contributed by atoms with E-state index in [1.165, 1.54) is 23.7 Å². The third-order valence-corrected chi connectivity index (χ3v) is 3.37. The van der Waals surface area contributed by atoms with Gasteiger partial charge in [-0.25, -0.2) is 0 Å². The zero-order chi connectivity index (χ0) is 9.68. The second-order valence-corrected chi connectivity index (χ2v) is 4.89. The number of hydrogen-bond acceptors (Lipinski definition) is 1. The van der Waals surface area contributed by atoms with Crippen LogP contribution in [0.25, 0.3) is 0 Å². The minimum Gasteiger partial charge on any atom is -0.356 e. The SMILES string of the molecule is CC(C(=O)NCCCCI)C1CC1. The van der Waals surface area contributed by atoms with E-state index in [0.29, 0.717) is 5.92 Å². The summed E-state index contributed by atoms with van der Waals surface area (Å²) in [7, 11) is 0. The third-order valence-electron chi connectivity index (χ3n) is 2.60. The monoisotopic (exact) mass is 295 g/mol. The number of hydrogen-bond donors (Lipinski definition) is 1. The molecule has 76 valence electrons. The molecule has 13 heavy (non-hydrogen) atoms. The Morgan fingerprint density at radius 3 is 2.77 bits per heavy atom. The summed E-state index contributed by atoms with van der Waals surface area (Å²) in [5.74, 6) is 1.19. The Kier molecular flexibility index (Phi) is 5.06. The van der Waals surface area contributed by atoms with Gasteiger partial charge in [-0.3, -0.25) is 4.79 Å². The molecular formula is C10H18INO. The van der Waals surface area contributed by atoms with Crippen molar-refractivity contribution in [3.8, 4) is 0 Å². The fraction of sp³-hybridized carbons (Fsp3) is 0.900. The molecule has 1 N–H and O–H groups in total. The van der Waals surface area contributed by atoms with E-state index in [9.17, 15) is 4.79 Å². The van der Waals surface area contributed by atoms with Gasteiger partial charge in [0, 0.05) is 12.5 Å². The van der Waals surface area contributed by atoms with Gasteiger partial charge in [0.2, 0.25) is 5.91 Å². The zero-order valence-corrected chi connectivity index (χ0v) is 10.3. The van der Waals surface area contributed by atoms with Crippen LogP contribution in [0.15, 0.2) is 0 Å². The molecule has 1 aliphatic carbocycles. The van der Waals surface area contributed by atoms with Crippen molar-refractivity contribution in [2.75, 3.05) is 11.0 Å². The maximum Gasteiger partial charge on any atom is 0.223 e. The average molecular weight is 295 g/mol. The molecule has 0 heterocycles. The summed E-state index contributed by atoms with van der Waals surface area (Å²) in [6.07, 6.45) is 4.83. The molecule has 1 amide bonds. The highest BCUT2D eigenvalue weighted by Crippen LogP contribution is 2.36. The van der Waals surface area contributed by atoms with Gasteiger partial charge < -0.3 is 5.32 Å². The lowest BCUT2D eigenvalue weighted by Crippen LogP contribution is -2.30. The summed E-state index contributed by atoms with van der Waals surface area (Å²) >= 11 is 2.37. The first-order chi connectivity index (χ1) is 6.25. The van der Waals surface area contributed by atoms with Crippen LogP contribution in [-0.2, 0) is 4.79 Å². The number of rotatable bonds is 6. The molecule has 0 saturated heterocycles. The summed E-state index contributed by atoms with van der Waals surface area (Å²) < 4.78 is 1.19. The first kappa shape index (κ1) is 11.3. The minimum absolute atomic E-state index is 0.250. The van der Waals surface area contributed by atoms with Gasteiger partial charge >= 0.3 is 0 Å². The van der Waals surface area contributed by atoms with Gasteiger partial charge in [-0.15, -0.1) is 0 Å². The summed E-state index contributed by atoms with van der Waals surface area (Å²) in [5, 5.41) is 3.00. The van der Waals surface area contributed by atoms with E-state index in [1.807, 2.05) is 6.92 Å². The van der Waals surface area contributed by atoms with Crippen molar-refractivity contribution in [3.05, 3.63) is 0 Å². The summed E-state index contributed by atoms with van der Waals surface area (Å²) in [6.45, 7) is 2.91. The Morgan fingerprint density at radius 2 is 2.23 bits per heavy atom. The highest BCUT2D eigenvalue weighted by molar-refractivity contribution is 14.1. The molecule has 0 aromatic carbocycles. The second-order valence-electron chi connectivity index (χ2n) is 3.81. The standard InChI is InChI=1S/C10H18INO/c1-8(9-4-5-9)10(13)12-7-3-2-6-11/h8-9H,2-7H2,1H3,(H,12,13). The molecule has 3 heteroatoms. The molecule has 0 spiro atoms. The molecule has 1 unspecified atom stereocenters. The van der Waals surface area contributed by atoms with Gasteiger partial charge in [0.25, 0.3) is 0 Å². The van der Waals surface area contributed by atoms with Crippen molar-refractivity contribution >= 4 is 28.5 Å². The van der Waals surface area contributed by atoms with Crippen LogP contribution in [0.1, 0.15) is 32.6 Å². The molecule has 0 bridgehead atoms. The van der Waals surface area contributed by atoms with Crippen LogP contribution in [0.3, 0.4) is 0 Å². The van der Waals surface area contributed by atoms with E-state index in [-0.39, 0.29) is 11.8 Å². The van der Waals surface area contributed by atoms with Crippen LogP contribution in [0.4, 0.5) is 0 Å². The van der Waals surface area contributed by atoms with E-state index in [1.54, 1.807) is 0 Å². The van der Waals surface area contributed by atoms with E-state index in [4.69, 9.17) is 0 Å². The predicted molar refractivity (Wildman–Crippen MR) is 63.0 cm³/mol. The van der Waals surface area contributed by atoms with Gasteiger partial charge in [-0.05, 0) is 36.0 Å². The average Bonchev–Trinajstić information content (AvgIpc) is 2.94. The van der Waals surface area contributed by atoms with Crippen molar-refractivity contribution in [3.63, 3.8) is 0 Å². The Labute approximate surface area is 94.0 Å². The fourth-order valence-electron chi connectivity index (χ4n) is 1.40. The Hall–Kier alpha value is 0.200. The van der Waals surface area contributed by atoms with E-state index in [2.05, 4.69) is 27.9 Å². The van der Waals surface area contributed by atoms with Gasteiger partial charge in [0.05, 0.1) is 0 Å². The smallest absolute Gasteiger partial charge is 0.223 e. The maximum absolute atomic E-state index is 11.5. The molecule has 0 radical (unpaired) electrons. The van der Waals surface area contributed by atoms with Crippen LogP contribution in [0.2, 0.25) is 0 Å². The third kappa shape index (κ3) is 4.29. The van der Waals surface area contributed by atoms with Crippen molar-refractivity contribution < 1.29 is 4.79 Å². The molecule has 0 aromatic heterocycles. The van der Waals surface area contributed by atoms with Crippen LogP contribution >= 0.6 is 22.6 Å². The van der Waals surface area contributed by atoms with E-state index < -0.39 is 0 Å². The molecule has 1 saturated carbocycles. The number of carbonyl (C=O) groups excluding carboxylic acids is 1. The van der Waals surface area contributed by atoms with Gasteiger partial charge in [0.1, 0.15) is 0 Å². The second kappa shape index (κ2) is 5.83. The highest BCUT2D eigenvalue weighted by atomic mass is 127. The Bertz CT molecular complexity index is 168. The topological polar surface area (TPSA) is 29.1 Å². The number of amides is 1. The molecule has 1 atom stereocenters. The molecule has 2 nitrogen and oxygen atoms in total. The Balaban J connectivity index is 2.02. The maximum atomic E-state index is 11.5. The van der Waals surface area contributed by atoms with E-state index >= 15 is 0 Å². The molecule has 1 fully saturated rings. The van der Waals surface area contributed by atoms with Crippen LogP contribution < -0.4 is 5.32 Å². The molecule has 1 rings (SSSR count). The number of halogens is 1. The molecular weight excluding hydrogens is 277 g/mol. The quantitative estimate of drug-likeness (QED) is 0.455. The van der Waals surface area contributed by atoms with Crippen LogP contribution in [0, 0.1) is 11.8 Å². The van der Waals surface area contributed by atoms with Gasteiger partial charge in [-0.1, -0.05) is 29.5 Å². The van der Waals surface area contributed by atoms with Gasteiger partial charge in [0.15, 0.2) is 0 Å². The summed E-state index contributed by atoms with van der Waals surface area (Å²) in [4.78, 5) is 11.5. The number of unbranched alkanes of at least 4 members (excludes halogenated alkanes) is 1.